The minimum atomic E-state index is -3.45. The molecule has 2 aromatic carbocycles. The predicted octanol–water partition coefficient (Wildman–Crippen LogP) is 2.61. The summed E-state index contributed by atoms with van der Waals surface area (Å²) in [4.78, 5) is 13.4. The molecule has 1 fully saturated rings. The number of rotatable bonds is 5. The normalized spacial score (nSPS) is 17.8. The van der Waals surface area contributed by atoms with Crippen molar-refractivity contribution in [3.63, 3.8) is 0 Å². The first-order chi connectivity index (χ1) is 13.3. The van der Waals surface area contributed by atoms with Crippen LogP contribution in [0, 0.1) is 0 Å². The van der Waals surface area contributed by atoms with Crippen LogP contribution in [-0.2, 0) is 20.2 Å². The Hall–Kier alpha value is -2.38. The molecule has 1 saturated heterocycles. The van der Waals surface area contributed by atoms with Gasteiger partial charge in [0, 0.05) is 19.5 Å². The van der Waals surface area contributed by atoms with Crippen molar-refractivity contribution in [2.24, 2.45) is 0 Å². The molecule has 0 N–H and O–H groups in total. The van der Waals surface area contributed by atoms with Gasteiger partial charge in [-0.15, -0.1) is 0 Å². The first kappa shape index (κ1) is 20.4. The number of benzene rings is 2. The summed E-state index contributed by atoms with van der Waals surface area (Å²) in [5, 5.41) is 0. The molecule has 2 aromatic rings. The molecule has 0 saturated carbocycles. The molecule has 1 aliphatic rings. The third-order valence-corrected chi connectivity index (χ3v) is 6.59. The van der Waals surface area contributed by atoms with Crippen LogP contribution in [0.3, 0.4) is 0 Å². The van der Waals surface area contributed by atoms with E-state index in [2.05, 4.69) is 0 Å². The van der Waals surface area contributed by atoms with Crippen LogP contribution in [-0.4, -0.2) is 52.1 Å². The van der Waals surface area contributed by atoms with E-state index in [1.54, 1.807) is 38.5 Å². The van der Waals surface area contributed by atoms with Crippen LogP contribution in [0.2, 0.25) is 0 Å². The summed E-state index contributed by atoms with van der Waals surface area (Å²) in [5.74, 6) is 1.36. The maximum Gasteiger partial charge on any atom is 0.211 e. The minimum Gasteiger partial charge on any atom is -0.497 e. The molecule has 28 heavy (non-hydrogen) atoms. The van der Waals surface area contributed by atoms with Crippen LogP contribution >= 0.6 is 0 Å². The van der Waals surface area contributed by atoms with Crippen molar-refractivity contribution in [1.29, 1.82) is 0 Å². The summed E-state index contributed by atoms with van der Waals surface area (Å²) in [7, 11) is -0.294. The summed E-state index contributed by atoms with van der Waals surface area (Å²) in [6.45, 7) is 0.405. The van der Waals surface area contributed by atoms with Crippen molar-refractivity contribution in [2.75, 3.05) is 33.6 Å². The fraction of sp³-hybridized carbons (Fsp3) is 0.381. The highest BCUT2D eigenvalue weighted by atomic mass is 32.2. The van der Waals surface area contributed by atoms with Gasteiger partial charge in [-0.25, -0.2) is 12.7 Å². The van der Waals surface area contributed by atoms with E-state index in [0.29, 0.717) is 30.9 Å². The quantitative estimate of drug-likeness (QED) is 0.767. The van der Waals surface area contributed by atoms with Crippen LogP contribution in [0.1, 0.15) is 24.0 Å². The van der Waals surface area contributed by atoms with E-state index >= 15 is 0 Å². The van der Waals surface area contributed by atoms with E-state index < -0.39 is 15.4 Å². The first-order valence-corrected chi connectivity index (χ1v) is 10.9. The van der Waals surface area contributed by atoms with Crippen molar-refractivity contribution in [3.05, 3.63) is 59.7 Å². The summed E-state index contributed by atoms with van der Waals surface area (Å²) < 4.78 is 36.6. The average Bonchev–Trinajstić information content (AvgIpc) is 2.88. The fourth-order valence-corrected chi connectivity index (χ4v) is 4.66. The number of methoxy groups -OCH3 is 2. The molecule has 0 aliphatic carbocycles. The third kappa shape index (κ3) is 3.77. The monoisotopic (exact) mass is 403 g/mol. The lowest BCUT2D eigenvalue weighted by atomic mass is 9.70. The lowest BCUT2D eigenvalue weighted by Gasteiger charge is -2.35. The zero-order valence-corrected chi connectivity index (χ0v) is 17.2. The number of sulfonamides is 1. The van der Waals surface area contributed by atoms with Crippen molar-refractivity contribution < 1.29 is 22.7 Å². The Morgan fingerprint density at radius 1 is 0.893 bits per heavy atom. The predicted molar refractivity (Wildman–Crippen MR) is 107 cm³/mol. The van der Waals surface area contributed by atoms with E-state index in [0.717, 1.165) is 11.1 Å². The summed E-state index contributed by atoms with van der Waals surface area (Å²) in [6, 6.07) is 14.5. The Morgan fingerprint density at radius 2 is 1.36 bits per heavy atom. The van der Waals surface area contributed by atoms with Gasteiger partial charge in [-0.1, -0.05) is 24.3 Å². The van der Waals surface area contributed by atoms with Crippen molar-refractivity contribution in [3.8, 4) is 11.5 Å². The maximum atomic E-state index is 13.4. The second-order valence-electron chi connectivity index (χ2n) is 6.99. The largest absolute Gasteiger partial charge is 0.497 e. The topological polar surface area (TPSA) is 72.9 Å². The molecular weight excluding hydrogens is 378 g/mol. The van der Waals surface area contributed by atoms with Crippen LogP contribution in [0.25, 0.3) is 0 Å². The summed E-state index contributed by atoms with van der Waals surface area (Å²) in [6.07, 6.45) is 2.00. The number of hydrogen-bond donors (Lipinski definition) is 0. The molecule has 3 rings (SSSR count). The highest BCUT2D eigenvalue weighted by Gasteiger charge is 2.46. The number of carbonyl (C=O) groups excluding carboxylic acids is 1. The van der Waals surface area contributed by atoms with Gasteiger partial charge in [0.2, 0.25) is 10.0 Å². The molecule has 0 bridgehead atoms. The SMILES string of the molecule is COc1ccc(C2(c3ccc(OC)cc3)CN(S(C)(=O)=O)CCCC2=O)cc1. The number of hydrogen-bond acceptors (Lipinski definition) is 5. The smallest absolute Gasteiger partial charge is 0.211 e. The van der Waals surface area contributed by atoms with Gasteiger partial charge in [-0.3, -0.25) is 4.79 Å². The maximum absolute atomic E-state index is 13.4. The van der Waals surface area contributed by atoms with Gasteiger partial charge in [-0.05, 0) is 41.8 Å². The summed E-state index contributed by atoms with van der Waals surface area (Å²) >= 11 is 0. The lowest BCUT2D eigenvalue weighted by Crippen LogP contribution is -2.47. The molecule has 6 nitrogen and oxygen atoms in total. The van der Waals surface area contributed by atoms with Crippen LogP contribution in [0.5, 0.6) is 11.5 Å². The van der Waals surface area contributed by atoms with E-state index in [1.165, 1.54) is 10.6 Å². The van der Waals surface area contributed by atoms with E-state index in [9.17, 15) is 13.2 Å². The van der Waals surface area contributed by atoms with Crippen molar-refractivity contribution in [1.82, 2.24) is 4.31 Å². The highest BCUT2D eigenvalue weighted by molar-refractivity contribution is 7.88. The number of Topliss-reactive ketones (excluding diaryl/α,β-unsaturated/α-hetero) is 1. The fourth-order valence-electron chi connectivity index (χ4n) is 3.77. The molecule has 0 amide bonds. The molecule has 150 valence electrons. The lowest BCUT2D eigenvalue weighted by molar-refractivity contribution is -0.122. The van der Waals surface area contributed by atoms with Crippen molar-refractivity contribution >= 4 is 15.8 Å². The Kier molecular flexibility index (Phi) is 5.76. The molecule has 0 unspecified atom stereocenters. The van der Waals surface area contributed by atoms with E-state index in [-0.39, 0.29) is 12.3 Å². The number of ether oxygens (including phenoxy) is 2. The molecule has 0 atom stereocenters. The standard InChI is InChI=1S/C21H25NO5S/c1-26-18-10-6-16(7-11-18)21(17-8-12-19(27-2)13-9-17)15-22(28(3,24)25)14-4-5-20(21)23/h6-13H,4-5,14-15H2,1-3H3. The molecular formula is C21H25NO5S. The second kappa shape index (κ2) is 7.93. The molecule has 1 aliphatic heterocycles. The third-order valence-electron chi connectivity index (χ3n) is 5.34. The number of carbonyl (C=O) groups is 1. The minimum absolute atomic E-state index is 0.00832. The molecule has 1 heterocycles. The van der Waals surface area contributed by atoms with Crippen molar-refractivity contribution in [2.45, 2.75) is 18.3 Å². The second-order valence-corrected chi connectivity index (χ2v) is 8.97. The Bertz CT molecular complexity index is 888. The highest BCUT2D eigenvalue weighted by Crippen LogP contribution is 2.39. The number of nitrogens with zero attached hydrogens (tertiary/aromatic N) is 1. The van der Waals surface area contributed by atoms with Crippen LogP contribution < -0.4 is 9.47 Å². The zero-order valence-electron chi connectivity index (χ0n) is 16.3. The average molecular weight is 404 g/mol. The Labute approximate surface area is 166 Å². The first-order valence-electron chi connectivity index (χ1n) is 9.09. The Balaban J connectivity index is 2.22. The molecule has 7 heteroatoms. The van der Waals surface area contributed by atoms with Gasteiger partial charge in [-0.2, -0.15) is 0 Å². The van der Waals surface area contributed by atoms with Gasteiger partial charge in [0.25, 0.3) is 0 Å². The van der Waals surface area contributed by atoms with E-state index in [1.807, 2.05) is 24.3 Å². The molecule has 0 aromatic heterocycles. The molecule has 0 spiro atoms. The van der Waals surface area contributed by atoms with Crippen LogP contribution in [0.15, 0.2) is 48.5 Å². The molecule has 0 radical (unpaired) electrons. The van der Waals surface area contributed by atoms with Gasteiger partial charge in [0.15, 0.2) is 0 Å². The summed E-state index contributed by atoms with van der Waals surface area (Å²) in [5.41, 5.74) is 0.413. The van der Waals surface area contributed by atoms with E-state index in [4.69, 9.17) is 9.47 Å². The van der Waals surface area contributed by atoms with Gasteiger partial charge < -0.3 is 9.47 Å². The number of ketones is 1. The van der Waals surface area contributed by atoms with Gasteiger partial charge in [0.05, 0.1) is 25.9 Å². The van der Waals surface area contributed by atoms with Gasteiger partial charge >= 0.3 is 0 Å². The Morgan fingerprint density at radius 3 is 1.75 bits per heavy atom. The van der Waals surface area contributed by atoms with Gasteiger partial charge in [0.1, 0.15) is 17.3 Å². The zero-order chi connectivity index (χ0) is 20.4. The van der Waals surface area contributed by atoms with Crippen LogP contribution in [0.4, 0.5) is 0 Å².